The van der Waals surface area contributed by atoms with Crippen molar-refractivity contribution in [2.24, 2.45) is 0 Å². The minimum Gasteiger partial charge on any atom is -0.462 e. The van der Waals surface area contributed by atoms with E-state index in [0.29, 0.717) is 43.0 Å². The number of oxazole rings is 1. The number of thioether (sulfide) groups is 1. The fraction of sp³-hybridized carbons (Fsp3) is 0.222. The second-order valence-corrected chi connectivity index (χ2v) is 7.63. The minimum atomic E-state index is -0.431. The SMILES string of the molecule is CCOC(=O)c1sc2nc(CSc3nc4ccccc4o3)[nH]c(=O)c2c1C. The number of nitrogens with one attached hydrogen (secondary N) is 1. The maximum absolute atomic E-state index is 12.5. The molecule has 4 rings (SSSR count). The lowest BCUT2D eigenvalue weighted by atomic mass is 10.2. The summed E-state index contributed by atoms with van der Waals surface area (Å²) in [6, 6.07) is 7.51. The number of para-hydroxylation sites is 2. The predicted molar refractivity (Wildman–Crippen MR) is 105 cm³/mol. The van der Waals surface area contributed by atoms with Crippen LogP contribution in [0.4, 0.5) is 0 Å². The zero-order chi connectivity index (χ0) is 19.0. The van der Waals surface area contributed by atoms with Gasteiger partial charge in [-0.1, -0.05) is 23.9 Å². The molecule has 3 heterocycles. The molecule has 0 atom stereocenters. The third kappa shape index (κ3) is 3.35. The van der Waals surface area contributed by atoms with Gasteiger partial charge in [-0.3, -0.25) is 4.79 Å². The van der Waals surface area contributed by atoms with Gasteiger partial charge in [-0.15, -0.1) is 11.3 Å². The molecule has 0 bridgehead atoms. The van der Waals surface area contributed by atoms with Crippen LogP contribution < -0.4 is 5.56 Å². The average Bonchev–Trinajstić information content (AvgIpc) is 3.21. The molecule has 0 aliphatic rings. The van der Waals surface area contributed by atoms with Crippen molar-refractivity contribution in [3.05, 3.63) is 50.9 Å². The van der Waals surface area contributed by atoms with E-state index < -0.39 is 5.97 Å². The van der Waals surface area contributed by atoms with E-state index in [1.807, 2.05) is 24.3 Å². The Morgan fingerprint density at radius 3 is 2.93 bits per heavy atom. The second kappa shape index (κ2) is 7.16. The van der Waals surface area contributed by atoms with Crippen LogP contribution in [0.3, 0.4) is 0 Å². The van der Waals surface area contributed by atoms with Crippen LogP contribution in [0.5, 0.6) is 0 Å². The molecule has 27 heavy (non-hydrogen) atoms. The van der Waals surface area contributed by atoms with Gasteiger partial charge in [0.1, 0.15) is 21.0 Å². The standard InChI is InChI=1S/C18H15N3O4S2/c1-3-24-17(23)14-9(2)13-15(22)20-12(21-16(13)27-14)8-26-18-19-10-6-4-5-7-11(10)25-18/h4-7H,3,8H2,1-2H3,(H,20,21,22). The highest BCUT2D eigenvalue weighted by Crippen LogP contribution is 2.29. The first kappa shape index (κ1) is 17.7. The Bertz CT molecular complexity index is 1180. The molecule has 4 aromatic rings. The van der Waals surface area contributed by atoms with Crippen molar-refractivity contribution in [3.8, 4) is 0 Å². The molecular formula is C18H15N3O4S2. The van der Waals surface area contributed by atoms with Gasteiger partial charge in [0.05, 0.1) is 17.7 Å². The fourth-order valence-electron chi connectivity index (χ4n) is 2.69. The Morgan fingerprint density at radius 1 is 1.33 bits per heavy atom. The van der Waals surface area contributed by atoms with E-state index in [1.165, 1.54) is 23.1 Å². The number of carbonyl (C=O) groups is 1. The van der Waals surface area contributed by atoms with Gasteiger partial charge < -0.3 is 14.1 Å². The molecular weight excluding hydrogens is 386 g/mol. The van der Waals surface area contributed by atoms with Gasteiger partial charge in [0, 0.05) is 0 Å². The molecule has 0 aliphatic heterocycles. The van der Waals surface area contributed by atoms with Gasteiger partial charge in [0.15, 0.2) is 5.58 Å². The Morgan fingerprint density at radius 2 is 2.15 bits per heavy atom. The van der Waals surface area contributed by atoms with E-state index in [4.69, 9.17) is 9.15 Å². The van der Waals surface area contributed by atoms with E-state index in [1.54, 1.807) is 13.8 Å². The number of rotatable bonds is 5. The van der Waals surface area contributed by atoms with Crippen LogP contribution >= 0.6 is 23.1 Å². The van der Waals surface area contributed by atoms with Crippen LogP contribution in [0.2, 0.25) is 0 Å². The number of hydrogen-bond acceptors (Lipinski definition) is 8. The lowest BCUT2D eigenvalue weighted by molar-refractivity contribution is 0.0531. The van der Waals surface area contributed by atoms with Crippen molar-refractivity contribution >= 4 is 50.4 Å². The van der Waals surface area contributed by atoms with Gasteiger partial charge in [-0.25, -0.2) is 14.8 Å². The minimum absolute atomic E-state index is 0.266. The first-order chi connectivity index (χ1) is 13.1. The first-order valence-corrected chi connectivity index (χ1v) is 10.0. The summed E-state index contributed by atoms with van der Waals surface area (Å²) in [7, 11) is 0. The number of hydrogen-bond donors (Lipinski definition) is 1. The van der Waals surface area contributed by atoms with E-state index in [2.05, 4.69) is 15.0 Å². The summed E-state index contributed by atoms with van der Waals surface area (Å²) in [6.07, 6.45) is 0. The Kier molecular flexibility index (Phi) is 4.71. The molecule has 0 saturated heterocycles. The number of aryl methyl sites for hydroxylation is 1. The number of carbonyl (C=O) groups excluding carboxylic acids is 1. The summed E-state index contributed by atoms with van der Waals surface area (Å²) in [4.78, 5) is 37.1. The zero-order valence-corrected chi connectivity index (χ0v) is 16.2. The fourth-order valence-corrected chi connectivity index (χ4v) is 4.49. The summed E-state index contributed by atoms with van der Waals surface area (Å²) < 4.78 is 10.7. The van der Waals surface area contributed by atoms with Crippen LogP contribution in [0.15, 0.2) is 38.7 Å². The Hall–Kier alpha value is -2.65. The summed E-state index contributed by atoms with van der Waals surface area (Å²) in [5, 5.41) is 0.937. The Balaban J connectivity index is 1.62. The molecule has 138 valence electrons. The van der Waals surface area contributed by atoms with E-state index in [-0.39, 0.29) is 12.2 Å². The van der Waals surface area contributed by atoms with Crippen LogP contribution in [0, 0.1) is 6.92 Å². The number of benzene rings is 1. The highest BCUT2D eigenvalue weighted by atomic mass is 32.2. The summed E-state index contributed by atoms with van der Waals surface area (Å²) in [5.74, 6) is 0.458. The maximum Gasteiger partial charge on any atom is 0.348 e. The highest BCUT2D eigenvalue weighted by Gasteiger charge is 2.20. The largest absolute Gasteiger partial charge is 0.462 e. The molecule has 1 N–H and O–H groups in total. The maximum atomic E-state index is 12.5. The first-order valence-electron chi connectivity index (χ1n) is 8.24. The Labute approximate surface area is 161 Å². The zero-order valence-electron chi connectivity index (χ0n) is 14.6. The smallest absolute Gasteiger partial charge is 0.348 e. The van der Waals surface area contributed by atoms with Gasteiger partial charge in [-0.2, -0.15) is 0 Å². The molecule has 0 radical (unpaired) electrons. The normalized spacial score (nSPS) is 11.3. The number of thiophene rings is 1. The molecule has 0 spiro atoms. The predicted octanol–water partition coefficient (Wildman–Crippen LogP) is 3.90. The van der Waals surface area contributed by atoms with Gasteiger partial charge >= 0.3 is 5.97 Å². The molecule has 7 nitrogen and oxygen atoms in total. The van der Waals surface area contributed by atoms with Crippen LogP contribution in [-0.2, 0) is 10.5 Å². The van der Waals surface area contributed by atoms with E-state index >= 15 is 0 Å². The third-order valence-electron chi connectivity index (χ3n) is 3.92. The summed E-state index contributed by atoms with van der Waals surface area (Å²) in [5.41, 5.74) is 1.83. The van der Waals surface area contributed by atoms with Crippen LogP contribution in [0.1, 0.15) is 28.0 Å². The number of esters is 1. The molecule has 0 unspecified atom stereocenters. The quantitative estimate of drug-likeness (QED) is 0.400. The third-order valence-corrected chi connectivity index (χ3v) is 5.92. The molecule has 0 amide bonds. The number of aromatic amines is 1. The number of aromatic nitrogens is 3. The van der Waals surface area contributed by atoms with Gasteiger partial charge in [0.2, 0.25) is 0 Å². The summed E-state index contributed by atoms with van der Waals surface area (Å²) in [6.45, 7) is 3.75. The van der Waals surface area contributed by atoms with Crippen LogP contribution in [-0.4, -0.2) is 27.5 Å². The van der Waals surface area contributed by atoms with Gasteiger partial charge in [0.25, 0.3) is 10.8 Å². The molecule has 0 fully saturated rings. The second-order valence-electron chi connectivity index (χ2n) is 5.71. The number of H-pyrrole nitrogens is 1. The van der Waals surface area contributed by atoms with Gasteiger partial charge in [-0.05, 0) is 31.5 Å². The molecule has 1 aromatic carbocycles. The van der Waals surface area contributed by atoms with Crippen molar-refractivity contribution < 1.29 is 13.9 Å². The van der Waals surface area contributed by atoms with Crippen molar-refractivity contribution in [1.82, 2.24) is 15.0 Å². The molecule has 0 aliphatic carbocycles. The van der Waals surface area contributed by atoms with Crippen molar-refractivity contribution in [1.29, 1.82) is 0 Å². The van der Waals surface area contributed by atoms with Crippen molar-refractivity contribution in [3.63, 3.8) is 0 Å². The van der Waals surface area contributed by atoms with Crippen molar-refractivity contribution in [2.45, 2.75) is 24.8 Å². The molecule has 9 heteroatoms. The lowest BCUT2D eigenvalue weighted by Gasteiger charge is -1.99. The summed E-state index contributed by atoms with van der Waals surface area (Å²) >= 11 is 2.52. The molecule has 3 aromatic heterocycles. The number of fused-ring (bicyclic) bond motifs is 2. The lowest BCUT2D eigenvalue weighted by Crippen LogP contribution is -2.11. The average molecular weight is 401 g/mol. The van der Waals surface area contributed by atoms with Crippen molar-refractivity contribution in [2.75, 3.05) is 6.61 Å². The number of ether oxygens (including phenoxy) is 1. The van der Waals surface area contributed by atoms with Crippen LogP contribution in [0.25, 0.3) is 21.3 Å². The van der Waals surface area contributed by atoms with E-state index in [0.717, 1.165) is 5.52 Å². The topological polar surface area (TPSA) is 98.1 Å². The highest BCUT2D eigenvalue weighted by molar-refractivity contribution is 7.98. The monoisotopic (exact) mass is 401 g/mol. The number of nitrogens with zero attached hydrogens (tertiary/aromatic N) is 2. The molecule has 0 saturated carbocycles. The van der Waals surface area contributed by atoms with E-state index in [9.17, 15) is 9.59 Å².